The number of carbonyl (C=O) groups excluding carboxylic acids is 1. The zero-order valence-electron chi connectivity index (χ0n) is 16.5. The van der Waals surface area contributed by atoms with Crippen molar-refractivity contribution in [2.45, 2.75) is 18.4 Å². The van der Waals surface area contributed by atoms with Crippen LogP contribution < -0.4 is 19.1 Å². The van der Waals surface area contributed by atoms with E-state index in [4.69, 9.17) is 25.6 Å². The lowest BCUT2D eigenvalue weighted by Crippen LogP contribution is -2.38. The van der Waals surface area contributed by atoms with Crippen LogP contribution in [0.4, 0.5) is 11.4 Å². The first-order chi connectivity index (χ1) is 14.8. The predicted octanol–water partition coefficient (Wildman–Crippen LogP) is 2.77. The number of halogens is 1. The number of fused-ring (bicyclic) bond motifs is 1. The monoisotopic (exact) mass is 464 g/mol. The average Bonchev–Trinajstić information content (AvgIpc) is 3.14. The number of aryl methyl sites for hydroxylation is 1. The third-order valence-corrected chi connectivity index (χ3v) is 6.06. The highest BCUT2D eigenvalue weighted by molar-refractivity contribution is 7.92. The smallest absolute Gasteiger partial charge is 0.265 e. The van der Waals surface area contributed by atoms with Gasteiger partial charge in [-0.05, 0) is 36.4 Å². The topological polar surface area (TPSA) is 124 Å². The van der Waals surface area contributed by atoms with Crippen molar-refractivity contribution in [1.82, 2.24) is 10.1 Å². The Morgan fingerprint density at radius 3 is 2.77 bits per heavy atom. The standard InChI is InChI=1S/C19H17ClN4O6S/c1-11-21-18(22-30-11)9-24-15-8-13(4-6-17(15)29-10-19(24)25)31(26,27)23-14-7-12(20)3-5-16(14)28-2/h3-8,23H,9-10H2,1-2H3. The molecule has 2 aromatic carbocycles. The van der Waals surface area contributed by atoms with Crippen molar-refractivity contribution < 1.29 is 27.2 Å². The molecule has 0 spiro atoms. The number of benzene rings is 2. The van der Waals surface area contributed by atoms with Crippen molar-refractivity contribution in [2.75, 3.05) is 23.3 Å². The van der Waals surface area contributed by atoms with E-state index in [1.54, 1.807) is 19.1 Å². The molecule has 1 aliphatic heterocycles. The minimum Gasteiger partial charge on any atom is -0.495 e. The molecule has 1 N–H and O–H groups in total. The van der Waals surface area contributed by atoms with Gasteiger partial charge in [-0.15, -0.1) is 0 Å². The molecule has 4 rings (SSSR count). The summed E-state index contributed by atoms with van der Waals surface area (Å²) in [6.07, 6.45) is 0. The minimum atomic E-state index is -4.04. The number of hydrogen-bond donors (Lipinski definition) is 1. The minimum absolute atomic E-state index is 0.00553. The van der Waals surface area contributed by atoms with Gasteiger partial charge in [-0.25, -0.2) is 8.42 Å². The van der Waals surface area contributed by atoms with Gasteiger partial charge in [0.25, 0.3) is 15.9 Å². The van der Waals surface area contributed by atoms with Crippen LogP contribution in [0.3, 0.4) is 0 Å². The molecule has 3 aromatic rings. The Morgan fingerprint density at radius 1 is 1.26 bits per heavy atom. The normalized spacial score (nSPS) is 13.5. The van der Waals surface area contributed by atoms with Crippen LogP contribution >= 0.6 is 11.6 Å². The number of hydrogen-bond acceptors (Lipinski definition) is 8. The molecule has 0 bridgehead atoms. The third kappa shape index (κ3) is 4.28. The lowest BCUT2D eigenvalue weighted by Gasteiger charge is -2.28. The number of nitrogens with zero attached hydrogens (tertiary/aromatic N) is 3. The molecule has 0 atom stereocenters. The predicted molar refractivity (Wildman–Crippen MR) is 111 cm³/mol. The lowest BCUT2D eigenvalue weighted by molar-refractivity contribution is -0.121. The van der Waals surface area contributed by atoms with Crippen LogP contribution in [-0.2, 0) is 21.4 Å². The van der Waals surface area contributed by atoms with Gasteiger partial charge in [0, 0.05) is 11.9 Å². The number of amides is 1. The Balaban J connectivity index is 1.69. The van der Waals surface area contributed by atoms with E-state index in [0.29, 0.717) is 22.4 Å². The highest BCUT2D eigenvalue weighted by Crippen LogP contribution is 2.36. The SMILES string of the molecule is COc1ccc(Cl)cc1NS(=O)(=O)c1ccc2c(c1)N(Cc1noc(C)n1)C(=O)CO2. The van der Waals surface area contributed by atoms with Crippen molar-refractivity contribution in [3.8, 4) is 11.5 Å². The van der Waals surface area contributed by atoms with Crippen molar-refractivity contribution in [2.24, 2.45) is 0 Å². The second-order valence-electron chi connectivity index (χ2n) is 6.58. The van der Waals surface area contributed by atoms with Gasteiger partial charge in [-0.2, -0.15) is 4.98 Å². The number of sulfonamides is 1. The molecular formula is C19H17ClN4O6S. The second-order valence-corrected chi connectivity index (χ2v) is 8.70. The lowest BCUT2D eigenvalue weighted by atomic mass is 10.2. The van der Waals surface area contributed by atoms with Gasteiger partial charge < -0.3 is 14.0 Å². The van der Waals surface area contributed by atoms with Crippen LogP contribution in [0.25, 0.3) is 0 Å². The molecule has 0 aliphatic carbocycles. The summed E-state index contributed by atoms with van der Waals surface area (Å²) in [6.45, 7) is 1.45. The number of methoxy groups -OCH3 is 1. The molecule has 0 saturated heterocycles. The fraction of sp³-hybridized carbons (Fsp3) is 0.211. The van der Waals surface area contributed by atoms with Crippen molar-refractivity contribution in [3.05, 3.63) is 53.1 Å². The van der Waals surface area contributed by atoms with E-state index in [1.165, 1.54) is 36.3 Å². The average molecular weight is 465 g/mol. The highest BCUT2D eigenvalue weighted by atomic mass is 35.5. The van der Waals surface area contributed by atoms with E-state index in [-0.39, 0.29) is 41.2 Å². The van der Waals surface area contributed by atoms with E-state index in [1.807, 2.05) is 0 Å². The maximum atomic E-state index is 13.0. The quantitative estimate of drug-likeness (QED) is 0.590. The summed E-state index contributed by atoms with van der Waals surface area (Å²) in [5.74, 6) is 0.937. The molecule has 0 radical (unpaired) electrons. The molecule has 31 heavy (non-hydrogen) atoms. The molecular weight excluding hydrogens is 448 g/mol. The van der Waals surface area contributed by atoms with Crippen molar-refractivity contribution in [3.63, 3.8) is 0 Å². The highest BCUT2D eigenvalue weighted by Gasteiger charge is 2.29. The van der Waals surface area contributed by atoms with Gasteiger partial charge in [0.05, 0.1) is 29.9 Å². The van der Waals surface area contributed by atoms with Gasteiger partial charge >= 0.3 is 0 Å². The molecule has 0 unspecified atom stereocenters. The summed E-state index contributed by atoms with van der Waals surface area (Å²) < 4.78 is 44.1. The fourth-order valence-electron chi connectivity index (χ4n) is 3.03. The molecule has 10 nitrogen and oxygen atoms in total. The summed E-state index contributed by atoms with van der Waals surface area (Å²) in [4.78, 5) is 17.8. The van der Waals surface area contributed by atoms with E-state index < -0.39 is 10.0 Å². The first-order valence-electron chi connectivity index (χ1n) is 8.99. The Labute approximate surface area is 182 Å². The fourth-order valence-corrected chi connectivity index (χ4v) is 4.29. The van der Waals surface area contributed by atoms with Crippen LogP contribution in [-0.4, -0.2) is 38.2 Å². The van der Waals surface area contributed by atoms with E-state index in [0.717, 1.165) is 0 Å². The van der Waals surface area contributed by atoms with Crippen molar-refractivity contribution in [1.29, 1.82) is 0 Å². The molecule has 162 valence electrons. The zero-order chi connectivity index (χ0) is 22.2. The number of rotatable bonds is 6. The van der Waals surface area contributed by atoms with Crippen LogP contribution in [0.15, 0.2) is 45.8 Å². The Bertz CT molecular complexity index is 1260. The third-order valence-electron chi connectivity index (χ3n) is 4.46. The molecule has 0 saturated carbocycles. The number of aromatic nitrogens is 2. The Kier molecular flexibility index (Phi) is 5.46. The van der Waals surface area contributed by atoms with Crippen LogP contribution in [0, 0.1) is 6.92 Å². The van der Waals surface area contributed by atoms with E-state index in [2.05, 4.69) is 14.9 Å². The largest absolute Gasteiger partial charge is 0.495 e. The Morgan fingerprint density at radius 2 is 2.06 bits per heavy atom. The van der Waals surface area contributed by atoms with Gasteiger partial charge in [0.2, 0.25) is 5.89 Å². The number of ether oxygens (including phenoxy) is 2. The summed E-state index contributed by atoms with van der Waals surface area (Å²) in [6, 6.07) is 8.78. The molecule has 1 amide bonds. The molecule has 1 aliphatic rings. The zero-order valence-corrected chi connectivity index (χ0v) is 18.0. The van der Waals surface area contributed by atoms with Gasteiger partial charge in [0.1, 0.15) is 11.5 Å². The van der Waals surface area contributed by atoms with Crippen molar-refractivity contribution >= 4 is 38.9 Å². The number of carbonyl (C=O) groups is 1. The summed E-state index contributed by atoms with van der Waals surface area (Å²) in [7, 11) is -2.62. The van der Waals surface area contributed by atoms with Gasteiger partial charge in [-0.3, -0.25) is 14.4 Å². The molecule has 1 aromatic heterocycles. The van der Waals surface area contributed by atoms with Crippen LogP contribution in [0.5, 0.6) is 11.5 Å². The van der Waals surface area contributed by atoms with E-state index >= 15 is 0 Å². The molecule has 12 heteroatoms. The second kappa shape index (κ2) is 8.08. The number of anilines is 2. The first-order valence-corrected chi connectivity index (χ1v) is 10.9. The molecule has 2 heterocycles. The van der Waals surface area contributed by atoms with Crippen LogP contribution in [0.2, 0.25) is 5.02 Å². The van der Waals surface area contributed by atoms with Crippen LogP contribution in [0.1, 0.15) is 11.7 Å². The summed E-state index contributed by atoms with van der Waals surface area (Å²) >= 11 is 5.99. The molecule has 0 fully saturated rings. The summed E-state index contributed by atoms with van der Waals surface area (Å²) in [5, 5.41) is 4.13. The summed E-state index contributed by atoms with van der Waals surface area (Å²) in [5.41, 5.74) is 0.457. The maximum absolute atomic E-state index is 13.0. The van der Waals surface area contributed by atoms with Gasteiger partial charge in [0.15, 0.2) is 12.4 Å². The van der Waals surface area contributed by atoms with E-state index in [9.17, 15) is 13.2 Å². The van der Waals surface area contributed by atoms with Gasteiger partial charge in [-0.1, -0.05) is 16.8 Å². The Hall–Kier alpha value is -3.31. The number of nitrogens with one attached hydrogen (secondary N) is 1. The first kappa shape index (κ1) is 20.9. The maximum Gasteiger partial charge on any atom is 0.265 e.